The van der Waals surface area contributed by atoms with Gasteiger partial charge in [-0.25, -0.2) is 4.98 Å². The van der Waals surface area contributed by atoms with Crippen LogP contribution in [0.3, 0.4) is 0 Å². The van der Waals surface area contributed by atoms with E-state index in [9.17, 15) is 4.79 Å². The van der Waals surface area contributed by atoms with Crippen LogP contribution in [0.2, 0.25) is 0 Å². The quantitative estimate of drug-likeness (QED) is 0.385. The third-order valence-electron chi connectivity index (χ3n) is 4.10. The summed E-state index contributed by atoms with van der Waals surface area (Å²) in [5.74, 6) is 0.452. The van der Waals surface area contributed by atoms with Crippen LogP contribution in [0, 0.1) is 6.92 Å². The molecule has 0 unspecified atom stereocenters. The van der Waals surface area contributed by atoms with Crippen LogP contribution in [-0.4, -0.2) is 19.6 Å². The Morgan fingerprint density at radius 2 is 1.86 bits per heavy atom. The number of carbonyl (C=O) groups is 1. The summed E-state index contributed by atoms with van der Waals surface area (Å²) in [5, 5.41) is 5.32. The lowest BCUT2D eigenvalue weighted by molar-refractivity contribution is 0.102. The normalized spacial score (nSPS) is 10.7. The van der Waals surface area contributed by atoms with Crippen LogP contribution < -0.4 is 10.1 Å². The molecule has 0 radical (unpaired) electrons. The first kappa shape index (κ1) is 19.7. The van der Waals surface area contributed by atoms with Gasteiger partial charge in [0, 0.05) is 21.0 Å². The molecule has 0 aliphatic heterocycles. The zero-order valence-electron chi connectivity index (χ0n) is 15.3. The number of hydrogen-bond acceptors (Lipinski definition) is 7. The summed E-state index contributed by atoms with van der Waals surface area (Å²) in [6.45, 7) is 2.25. The molecule has 0 saturated heterocycles. The van der Waals surface area contributed by atoms with Gasteiger partial charge in [-0.1, -0.05) is 28.1 Å². The molecule has 0 bridgehead atoms. The monoisotopic (exact) mass is 486 g/mol. The predicted octanol–water partition coefficient (Wildman–Crippen LogP) is 5.56. The number of amides is 1. The molecule has 4 rings (SSSR count). The summed E-state index contributed by atoms with van der Waals surface area (Å²) in [6, 6.07) is 14.9. The predicted molar refractivity (Wildman–Crippen MR) is 119 cm³/mol. The number of benzene rings is 2. The van der Waals surface area contributed by atoms with Gasteiger partial charge in [-0.3, -0.25) is 10.1 Å². The fourth-order valence-corrected chi connectivity index (χ4v) is 4.02. The molecule has 0 spiro atoms. The van der Waals surface area contributed by atoms with Gasteiger partial charge in [0.1, 0.15) is 18.1 Å². The second-order valence-corrected chi connectivity index (χ2v) is 8.41. The highest BCUT2D eigenvalue weighted by atomic mass is 79.9. The number of carbonyl (C=O) groups excluding carboxylic acids is 1. The number of nitrogens with zero attached hydrogens (tertiary/aromatic N) is 3. The molecule has 0 saturated carbocycles. The Hall–Kier alpha value is -2.62. The highest BCUT2D eigenvalue weighted by Crippen LogP contribution is 2.26. The van der Waals surface area contributed by atoms with E-state index in [1.165, 1.54) is 23.1 Å². The minimum atomic E-state index is -0.215. The number of rotatable bonds is 6. The Kier molecular flexibility index (Phi) is 5.98. The van der Waals surface area contributed by atoms with E-state index in [0.29, 0.717) is 23.1 Å². The van der Waals surface area contributed by atoms with Crippen LogP contribution >= 0.6 is 39.0 Å². The van der Waals surface area contributed by atoms with Gasteiger partial charge in [0.25, 0.3) is 5.91 Å². The topological polar surface area (TPSA) is 77.0 Å². The zero-order chi connectivity index (χ0) is 20.2. The molecule has 0 fully saturated rings. The van der Waals surface area contributed by atoms with E-state index in [-0.39, 0.29) is 5.91 Å². The summed E-state index contributed by atoms with van der Waals surface area (Å²) in [4.78, 5) is 17.0. The maximum absolute atomic E-state index is 12.5. The van der Waals surface area contributed by atoms with E-state index in [1.807, 2.05) is 36.6 Å². The molecule has 1 amide bonds. The molecule has 2 aromatic carbocycles. The maximum atomic E-state index is 12.5. The van der Waals surface area contributed by atoms with Crippen molar-refractivity contribution in [3.8, 4) is 17.0 Å². The second kappa shape index (κ2) is 8.81. The number of hydrogen-bond donors (Lipinski definition) is 1. The second-order valence-electron chi connectivity index (χ2n) is 6.11. The van der Waals surface area contributed by atoms with Crippen molar-refractivity contribution in [2.45, 2.75) is 13.5 Å². The molecule has 146 valence electrons. The van der Waals surface area contributed by atoms with Crippen molar-refractivity contribution in [2.24, 2.45) is 0 Å². The lowest BCUT2D eigenvalue weighted by atomic mass is 10.2. The molecule has 1 N–H and O–H groups in total. The summed E-state index contributed by atoms with van der Waals surface area (Å²) in [5.41, 5.74) is 4.05. The van der Waals surface area contributed by atoms with Crippen molar-refractivity contribution in [3.05, 3.63) is 75.3 Å². The van der Waals surface area contributed by atoms with Crippen LogP contribution in [0.5, 0.6) is 5.75 Å². The minimum Gasteiger partial charge on any atom is -0.487 e. The van der Waals surface area contributed by atoms with Crippen molar-refractivity contribution in [3.63, 3.8) is 0 Å². The van der Waals surface area contributed by atoms with E-state index in [4.69, 9.17) is 4.74 Å². The average molecular weight is 487 g/mol. The van der Waals surface area contributed by atoms with E-state index in [2.05, 4.69) is 35.0 Å². The van der Waals surface area contributed by atoms with Gasteiger partial charge in [0.05, 0.1) is 23.1 Å². The van der Waals surface area contributed by atoms with Crippen molar-refractivity contribution < 1.29 is 9.53 Å². The van der Waals surface area contributed by atoms with Gasteiger partial charge in [0.2, 0.25) is 0 Å². The number of anilines is 1. The maximum Gasteiger partial charge on any atom is 0.257 e. The highest BCUT2D eigenvalue weighted by molar-refractivity contribution is 9.10. The average Bonchev–Trinajstić information content (AvgIpc) is 3.36. The number of aromatic nitrogens is 3. The lowest BCUT2D eigenvalue weighted by Crippen LogP contribution is -2.11. The molecule has 0 aliphatic rings. The fraction of sp³-hybridized carbons (Fsp3) is 0.100. The van der Waals surface area contributed by atoms with Gasteiger partial charge in [-0.05, 0) is 43.3 Å². The zero-order valence-corrected chi connectivity index (χ0v) is 18.5. The van der Waals surface area contributed by atoms with Gasteiger partial charge in [-0.15, -0.1) is 11.3 Å². The van der Waals surface area contributed by atoms with E-state index in [0.717, 1.165) is 27.1 Å². The molecule has 6 nitrogen and oxygen atoms in total. The molecule has 2 heterocycles. The van der Waals surface area contributed by atoms with Crippen molar-refractivity contribution in [1.82, 2.24) is 13.7 Å². The molecule has 0 aliphatic carbocycles. The lowest BCUT2D eigenvalue weighted by Gasteiger charge is -2.06. The SMILES string of the molecule is Cc1nsnc1COc1ccc(C(=O)Nc2nc(-c3ccc(Br)cc3)cs2)cc1. The smallest absolute Gasteiger partial charge is 0.257 e. The molecule has 2 aromatic heterocycles. The number of aryl methyl sites for hydroxylation is 1. The minimum absolute atomic E-state index is 0.215. The number of nitrogens with one attached hydrogen (secondary N) is 1. The van der Waals surface area contributed by atoms with E-state index >= 15 is 0 Å². The standard InChI is InChI=1S/C20H15BrN4O2S2/c1-12-17(25-29-24-12)10-27-16-8-4-14(5-9-16)19(26)23-20-22-18(11-28-20)13-2-6-15(21)7-3-13/h2-9,11H,10H2,1H3,(H,22,23,26). The number of thiazole rings is 1. The fourth-order valence-electron chi connectivity index (χ4n) is 2.49. The van der Waals surface area contributed by atoms with Crippen LogP contribution in [0.4, 0.5) is 5.13 Å². The van der Waals surface area contributed by atoms with E-state index < -0.39 is 0 Å². The first-order chi connectivity index (χ1) is 14.1. The molecular weight excluding hydrogens is 472 g/mol. The molecule has 9 heteroatoms. The summed E-state index contributed by atoms with van der Waals surface area (Å²) >= 11 is 5.98. The Morgan fingerprint density at radius 1 is 1.10 bits per heavy atom. The number of ether oxygens (including phenoxy) is 1. The van der Waals surface area contributed by atoms with Crippen molar-refractivity contribution >= 4 is 50.0 Å². The van der Waals surface area contributed by atoms with Crippen LogP contribution in [0.25, 0.3) is 11.3 Å². The van der Waals surface area contributed by atoms with Crippen LogP contribution in [0.1, 0.15) is 21.7 Å². The third-order valence-corrected chi connectivity index (χ3v) is 6.05. The molecule has 4 aromatic rings. The Balaban J connectivity index is 1.37. The number of halogens is 1. The van der Waals surface area contributed by atoms with Gasteiger partial charge < -0.3 is 4.74 Å². The molecular formula is C20H15BrN4O2S2. The summed E-state index contributed by atoms with van der Waals surface area (Å²) in [7, 11) is 0. The van der Waals surface area contributed by atoms with Crippen molar-refractivity contribution in [2.75, 3.05) is 5.32 Å². The van der Waals surface area contributed by atoms with Gasteiger partial charge >= 0.3 is 0 Å². The molecule has 29 heavy (non-hydrogen) atoms. The van der Waals surface area contributed by atoms with Gasteiger partial charge in [0.15, 0.2) is 5.13 Å². The van der Waals surface area contributed by atoms with Crippen molar-refractivity contribution in [1.29, 1.82) is 0 Å². The first-order valence-corrected chi connectivity index (χ1v) is 11.0. The van der Waals surface area contributed by atoms with Gasteiger partial charge in [-0.2, -0.15) is 8.75 Å². The highest BCUT2D eigenvalue weighted by Gasteiger charge is 2.11. The summed E-state index contributed by atoms with van der Waals surface area (Å²) in [6.07, 6.45) is 0. The Morgan fingerprint density at radius 3 is 2.55 bits per heavy atom. The van der Waals surface area contributed by atoms with Crippen LogP contribution in [0.15, 0.2) is 58.4 Å². The summed E-state index contributed by atoms with van der Waals surface area (Å²) < 4.78 is 15.0. The van der Waals surface area contributed by atoms with E-state index in [1.54, 1.807) is 24.3 Å². The first-order valence-electron chi connectivity index (χ1n) is 8.62. The third kappa shape index (κ3) is 4.87. The molecule has 0 atom stereocenters. The largest absolute Gasteiger partial charge is 0.487 e. The Labute approximate surface area is 184 Å². The Bertz CT molecular complexity index is 1120. The van der Waals surface area contributed by atoms with Crippen LogP contribution in [-0.2, 0) is 6.61 Å².